The molecule has 6 nitrogen and oxygen atoms in total. The monoisotopic (exact) mass is 366 g/mol. The molecule has 0 unspecified atom stereocenters. The highest BCUT2D eigenvalue weighted by Gasteiger charge is 2.28. The summed E-state index contributed by atoms with van der Waals surface area (Å²) in [6.45, 7) is 4.76. The van der Waals surface area contributed by atoms with E-state index in [1.807, 2.05) is 34.9 Å². The fourth-order valence-corrected chi connectivity index (χ4v) is 3.90. The molecule has 6 heteroatoms. The van der Waals surface area contributed by atoms with Gasteiger partial charge in [0.2, 0.25) is 0 Å². The summed E-state index contributed by atoms with van der Waals surface area (Å²) in [5.41, 5.74) is 9.18. The van der Waals surface area contributed by atoms with Crippen LogP contribution in [0.25, 0.3) is 5.65 Å². The fraction of sp³-hybridized carbons (Fsp3) is 0.429. The van der Waals surface area contributed by atoms with Crippen LogP contribution in [0.2, 0.25) is 0 Å². The van der Waals surface area contributed by atoms with Gasteiger partial charge < -0.3 is 15.2 Å². The Bertz CT molecular complexity index is 950. The van der Waals surface area contributed by atoms with Gasteiger partial charge >= 0.3 is 0 Å². The molecule has 142 valence electrons. The van der Waals surface area contributed by atoms with E-state index < -0.39 is 0 Å². The number of fused-ring (bicyclic) bond motifs is 2. The van der Waals surface area contributed by atoms with E-state index in [1.165, 1.54) is 11.1 Å². The molecule has 0 spiro atoms. The van der Waals surface area contributed by atoms with E-state index in [1.54, 1.807) is 7.11 Å². The Kier molecular flexibility index (Phi) is 4.61. The SMILES string of the molecule is COCC(C)(C)c1nnc2ccc(O[C@@H]3CC[C@H](N)c4ccccc43)cn12. The molecule has 1 aliphatic rings. The maximum atomic E-state index is 6.37. The van der Waals surface area contributed by atoms with Gasteiger partial charge in [-0.15, -0.1) is 10.2 Å². The molecule has 0 fully saturated rings. The van der Waals surface area contributed by atoms with Crippen molar-refractivity contribution in [1.29, 1.82) is 0 Å². The molecule has 4 rings (SSSR count). The van der Waals surface area contributed by atoms with Crippen LogP contribution in [-0.4, -0.2) is 28.3 Å². The second-order valence-electron chi connectivity index (χ2n) is 7.85. The lowest BCUT2D eigenvalue weighted by atomic mass is 9.86. The second kappa shape index (κ2) is 6.94. The van der Waals surface area contributed by atoms with Crippen LogP contribution < -0.4 is 10.5 Å². The molecule has 0 amide bonds. The van der Waals surface area contributed by atoms with Crippen LogP contribution >= 0.6 is 0 Å². The fourth-order valence-electron chi connectivity index (χ4n) is 3.90. The van der Waals surface area contributed by atoms with E-state index >= 15 is 0 Å². The minimum Gasteiger partial charge on any atom is -0.484 e. The molecule has 2 N–H and O–H groups in total. The maximum absolute atomic E-state index is 6.37. The summed E-state index contributed by atoms with van der Waals surface area (Å²) in [6.07, 6.45) is 3.80. The predicted octanol–water partition coefficient (Wildman–Crippen LogP) is 3.57. The first-order valence-corrected chi connectivity index (χ1v) is 9.35. The molecule has 2 heterocycles. The van der Waals surface area contributed by atoms with Crippen LogP contribution in [0.4, 0.5) is 0 Å². The number of pyridine rings is 1. The van der Waals surface area contributed by atoms with Crippen LogP contribution in [0.1, 0.15) is 55.8 Å². The van der Waals surface area contributed by atoms with Crippen molar-refractivity contribution in [1.82, 2.24) is 14.6 Å². The number of rotatable bonds is 5. The van der Waals surface area contributed by atoms with Gasteiger partial charge in [0, 0.05) is 18.6 Å². The first kappa shape index (κ1) is 17.9. The zero-order valence-electron chi connectivity index (χ0n) is 16.1. The molecule has 3 aromatic rings. The van der Waals surface area contributed by atoms with Gasteiger partial charge in [-0.05, 0) is 36.1 Å². The quantitative estimate of drug-likeness (QED) is 0.747. The summed E-state index contributed by atoms with van der Waals surface area (Å²) in [5.74, 6) is 1.66. The van der Waals surface area contributed by atoms with Gasteiger partial charge in [-0.3, -0.25) is 4.40 Å². The molecule has 0 aliphatic heterocycles. The van der Waals surface area contributed by atoms with E-state index in [-0.39, 0.29) is 17.6 Å². The summed E-state index contributed by atoms with van der Waals surface area (Å²) >= 11 is 0. The Labute approximate surface area is 159 Å². The molecule has 1 aromatic carbocycles. The van der Waals surface area contributed by atoms with Crippen molar-refractivity contribution < 1.29 is 9.47 Å². The zero-order valence-corrected chi connectivity index (χ0v) is 16.1. The second-order valence-corrected chi connectivity index (χ2v) is 7.85. The van der Waals surface area contributed by atoms with Crippen molar-refractivity contribution in [2.75, 3.05) is 13.7 Å². The smallest absolute Gasteiger partial charge is 0.161 e. The minimum atomic E-state index is -0.253. The summed E-state index contributed by atoms with van der Waals surface area (Å²) in [6, 6.07) is 12.3. The lowest BCUT2D eigenvalue weighted by Gasteiger charge is -2.30. The molecule has 2 atom stereocenters. The van der Waals surface area contributed by atoms with Crippen LogP contribution in [0, 0.1) is 0 Å². The average molecular weight is 366 g/mol. The standard InChI is InChI=1S/C21H26N4O2/c1-21(2,13-26-3)20-24-23-19-11-8-14(12-25(19)20)27-18-10-9-17(22)15-6-4-5-7-16(15)18/h4-8,11-12,17-18H,9-10,13,22H2,1-3H3/t17-,18+/m0/s1. The Morgan fingerprint density at radius 1 is 1.11 bits per heavy atom. The van der Waals surface area contributed by atoms with E-state index in [2.05, 4.69) is 36.2 Å². The van der Waals surface area contributed by atoms with E-state index in [9.17, 15) is 0 Å². The van der Waals surface area contributed by atoms with Crippen LogP contribution in [-0.2, 0) is 10.2 Å². The first-order chi connectivity index (χ1) is 13.0. The lowest BCUT2D eigenvalue weighted by Crippen LogP contribution is -2.26. The van der Waals surface area contributed by atoms with E-state index in [4.69, 9.17) is 15.2 Å². The van der Waals surface area contributed by atoms with Gasteiger partial charge in [-0.2, -0.15) is 0 Å². The Balaban J connectivity index is 1.67. The van der Waals surface area contributed by atoms with Gasteiger partial charge in [0.15, 0.2) is 5.65 Å². The topological polar surface area (TPSA) is 74.7 Å². The number of methoxy groups -OCH3 is 1. The van der Waals surface area contributed by atoms with Crippen LogP contribution in [0.3, 0.4) is 0 Å². The van der Waals surface area contributed by atoms with Crippen molar-refractivity contribution in [3.8, 4) is 5.75 Å². The number of ether oxygens (including phenoxy) is 2. The molecule has 0 radical (unpaired) electrons. The minimum absolute atomic E-state index is 0.00497. The summed E-state index contributed by atoms with van der Waals surface area (Å²) < 4.78 is 13.7. The zero-order chi connectivity index (χ0) is 19.0. The van der Waals surface area contributed by atoms with Gasteiger partial charge in [-0.1, -0.05) is 38.1 Å². The summed E-state index contributed by atoms with van der Waals surface area (Å²) in [4.78, 5) is 0. The van der Waals surface area contributed by atoms with Gasteiger partial charge in [0.05, 0.1) is 12.8 Å². The van der Waals surface area contributed by atoms with Crippen molar-refractivity contribution in [2.24, 2.45) is 5.73 Å². The molecule has 0 saturated carbocycles. The molecule has 27 heavy (non-hydrogen) atoms. The predicted molar refractivity (Wildman–Crippen MR) is 104 cm³/mol. The normalized spacial score (nSPS) is 19.9. The van der Waals surface area contributed by atoms with Crippen LogP contribution in [0.15, 0.2) is 42.6 Å². The number of nitrogens with zero attached hydrogens (tertiary/aromatic N) is 3. The highest BCUT2D eigenvalue weighted by atomic mass is 16.5. The van der Waals surface area contributed by atoms with E-state index in [0.29, 0.717) is 6.61 Å². The highest BCUT2D eigenvalue weighted by molar-refractivity contribution is 5.43. The van der Waals surface area contributed by atoms with Crippen molar-refractivity contribution in [3.05, 3.63) is 59.5 Å². The molecule has 0 bridgehead atoms. The van der Waals surface area contributed by atoms with Gasteiger partial charge in [0.25, 0.3) is 0 Å². The number of nitrogens with two attached hydrogens (primary N) is 1. The third kappa shape index (κ3) is 3.31. The molecular formula is C21H26N4O2. The number of benzene rings is 1. The largest absolute Gasteiger partial charge is 0.484 e. The molecular weight excluding hydrogens is 340 g/mol. The highest BCUT2D eigenvalue weighted by Crippen LogP contribution is 2.37. The lowest BCUT2D eigenvalue weighted by molar-refractivity contribution is 0.141. The molecule has 0 saturated heterocycles. The third-order valence-corrected chi connectivity index (χ3v) is 5.25. The molecule has 1 aliphatic carbocycles. The number of aromatic nitrogens is 3. The van der Waals surface area contributed by atoms with Gasteiger partial charge in [0.1, 0.15) is 17.7 Å². The third-order valence-electron chi connectivity index (χ3n) is 5.25. The Hall–Kier alpha value is -2.44. The van der Waals surface area contributed by atoms with E-state index in [0.717, 1.165) is 30.1 Å². The van der Waals surface area contributed by atoms with Crippen molar-refractivity contribution in [3.63, 3.8) is 0 Å². The van der Waals surface area contributed by atoms with Crippen molar-refractivity contribution in [2.45, 2.75) is 44.2 Å². The average Bonchev–Trinajstić information content (AvgIpc) is 3.08. The maximum Gasteiger partial charge on any atom is 0.161 e. The summed E-state index contributed by atoms with van der Waals surface area (Å²) in [7, 11) is 1.70. The Morgan fingerprint density at radius 2 is 1.89 bits per heavy atom. The van der Waals surface area contributed by atoms with Gasteiger partial charge in [-0.25, -0.2) is 0 Å². The van der Waals surface area contributed by atoms with Crippen LogP contribution in [0.5, 0.6) is 5.75 Å². The summed E-state index contributed by atoms with van der Waals surface area (Å²) in [5, 5.41) is 8.67. The first-order valence-electron chi connectivity index (χ1n) is 9.35. The number of hydrogen-bond acceptors (Lipinski definition) is 5. The number of hydrogen-bond donors (Lipinski definition) is 1. The van der Waals surface area contributed by atoms with Crippen molar-refractivity contribution >= 4 is 5.65 Å². The molecule has 2 aromatic heterocycles. The Morgan fingerprint density at radius 3 is 2.67 bits per heavy atom.